The van der Waals surface area contributed by atoms with Crippen LogP contribution in [0.15, 0.2) is 0 Å². The van der Waals surface area contributed by atoms with Gasteiger partial charge in [0.2, 0.25) is 8.32 Å². The van der Waals surface area contributed by atoms with Gasteiger partial charge in [0.1, 0.15) is 0 Å². The van der Waals surface area contributed by atoms with Crippen LogP contribution in [-0.2, 0) is 95.6 Å². The average molecular weight is 1720 g/mol. The molecule has 0 saturated carbocycles. The monoisotopic (exact) mass is 1720 g/mol. The molecule has 0 aliphatic rings. The molecule has 0 aromatic heterocycles. The predicted octanol–water partition coefficient (Wildman–Crippen LogP) is 16.8. The fourth-order valence-electron chi connectivity index (χ4n) is 13.1. The predicted molar refractivity (Wildman–Crippen MR) is 434 cm³/mol. The van der Waals surface area contributed by atoms with Crippen molar-refractivity contribution in [2.24, 2.45) is 0 Å². The molecular formula is C47H142O23Si23. The van der Waals surface area contributed by atoms with Crippen LogP contribution in [-0.4, -0.2) is 197 Å². The van der Waals surface area contributed by atoms with E-state index in [0.717, 1.165) is 0 Å². The van der Waals surface area contributed by atoms with Gasteiger partial charge >= 0.3 is 180 Å². The Kier molecular flexibility index (Phi) is 34.5. The number of rotatable bonds is 45. The molecule has 0 amide bonds. The summed E-state index contributed by atoms with van der Waals surface area (Å²) in [5.74, 6) is 0. The summed E-state index contributed by atoms with van der Waals surface area (Å²) in [6.45, 7) is 96.8. The molecule has 0 bridgehead atoms. The van der Waals surface area contributed by atoms with Crippen LogP contribution in [0.5, 0.6) is 0 Å². The minimum absolute atomic E-state index is 1.27. The van der Waals surface area contributed by atoms with Crippen LogP contribution < -0.4 is 0 Å². The molecule has 0 aliphatic carbocycles. The molecule has 0 N–H and O–H groups in total. The molecule has 0 aromatic rings. The van der Waals surface area contributed by atoms with Crippen molar-refractivity contribution in [3.63, 3.8) is 0 Å². The van der Waals surface area contributed by atoms with E-state index in [1.165, 1.54) is 0 Å². The molecule has 0 aromatic carbocycles. The lowest BCUT2D eigenvalue weighted by Gasteiger charge is -2.45. The molecule has 0 spiro atoms. The van der Waals surface area contributed by atoms with Crippen molar-refractivity contribution in [2.75, 3.05) is 0 Å². The maximum absolute atomic E-state index is 6.97. The standard InChI is InChI=1S/C47H142O23Si23/c1-71(2)50-74(8,9)52-76(12,13)54-78(16,17)56-80(20,21)58-82(24,25)60-84(28,29)62-86(32,33)64-88(36,37)66-90(40,41)68-92(44,45)70-93(46,47)69-91(42,43)67-89(38,39)65-87(34,35)63-85(30,31)61-83(26,27)59-81(22,23)57-79(18,19)55-77(14,15)53-75(10,11)51-73(6,7)49-48-72(3,4)5/h71H,1-47H3. The van der Waals surface area contributed by atoms with Crippen LogP contribution in [0, 0.1) is 0 Å². The van der Waals surface area contributed by atoms with Gasteiger partial charge in [0, 0.05) is 0 Å². The maximum atomic E-state index is 6.97. The molecule has 46 heteroatoms. The first-order valence-electron chi connectivity index (χ1n) is 32.8. The van der Waals surface area contributed by atoms with E-state index in [0.29, 0.717) is 0 Å². The second kappa shape index (κ2) is 33.1. The fraction of sp³-hybridized carbons (Fsp3) is 1.00. The van der Waals surface area contributed by atoms with Gasteiger partial charge in [-0.15, -0.1) is 0 Å². The molecule has 0 saturated heterocycles. The van der Waals surface area contributed by atoms with Gasteiger partial charge in [-0.25, -0.2) is 0 Å². The molecule has 0 atom stereocenters. The summed E-state index contributed by atoms with van der Waals surface area (Å²) in [4.78, 5) is 0. The first-order chi connectivity index (χ1) is 39.8. The van der Waals surface area contributed by atoms with Crippen LogP contribution in [0.1, 0.15) is 0 Å². The first kappa shape index (κ1) is 97.1. The zero-order valence-corrected chi connectivity index (χ0v) is 91.1. The van der Waals surface area contributed by atoms with E-state index in [4.69, 9.17) is 95.6 Å². The normalized spacial score (nSPS) is 16.1. The van der Waals surface area contributed by atoms with E-state index in [9.17, 15) is 0 Å². The third kappa shape index (κ3) is 45.9. The molecule has 93 heavy (non-hydrogen) atoms. The molecule has 0 aliphatic heterocycles. The van der Waals surface area contributed by atoms with E-state index in [1.807, 2.05) is 65.5 Å². The first-order valence-corrected chi connectivity index (χ1v) is 98.2. The summed E-state index contributed by atoms with van der Waals surface area (Å²) < 4.78 is 155. The summed E-state index contributed by atoms with van der Waals surface area (Å²) in [5.41, 5.74) is 0. The summed E-state index contributed by atoms with van der Waals surface area (Å²) in [7, 11) is -61.7. The molecule has 0 radical (unpaired) electrons. The molecule has 0 rings (SSSR count). The van der Waals surface area contributed by atoms with Gasteiger partial charge in [0.05, 0.1) is 0 Å². The lowest BCUT2D eigenvalue weighted by molar-refractivity contribution is -0.138. The van der Waals surface area contributed by atoms with Crippen LogP contribution in [0.3, 0.4) is 0 Å². The molecule has 0 heterocycles. The Morgan fingerprint density at radius 3 is 0.323 bits per heavy atom. The summed E-state index contributed by atoms with van der Waals surface area (Å²) in [5, 5.41) is 0. The van der Waals surface area contributed by atoms with Crippen molar-refractivity contribution in [2.45, 2.75) is 308 Å². The van der Waals surface area contributed by atoms with Crippen molar-refractivity contribution in [3.8, 4) is 0 Å². The lowest BCUT2D eigenvalue weighted by atomic mass is 11.8. The zero-order chi connectivity index (χ0) is 74.8. The fourth-order valence-corrected chi connectivity index (χ4v) is 125. The Morgan fingerprint density at radius 2 is 0.226 bits per heavy atom. The van der Waals surface area contributed by atoms with E-state index < -0.39 is 197 Å². The maximum Gasteiger partial charge on any atom is 0.358 e. The van der Waals surface area contributed by atoms with Crippen molar-refractivity contribution in [3.05, 3.63) is 0 Å². The van der Waals surface area contributed by atoms with Crippen molar-refractivity contribution >= 4 is 197 Å². The highest BCUT2D eigenvalue weighted by Gasteiger charge is 2.55. The van der Waals surface area contributed by atoms with E-state index in [2.05, 4.69) is 242 Å². The number of hydrogen-bond donors (Lipinski definition) is 0. The van der Waals surface area contributed by atoms with Gasteiger partial charge in [-0.2, -0.15) is 0 Å². The topological polar surface area (TPSA) is 212 Å². The van der Waals surface area contributed by atoms with Gasteiger partial charge in [-0.05, 0) is 308 Å². The summed E-state index contributed by atoms with van der Waals surface area (Å²) >= 11 is 0. The van der Waals surface area contributed by atoms with Gasteiger partial charge in [-0.3, -0.25) is 9.15 Å². The average Bonchev–Trinajstić information content (AvgIpc) is 0.901. The van der Waals surface area contributed by atoms with Crippen LogP contribution in [0.2, 0.25) is 308 Å². The lowest BCUT2D eigenvalue weighted by Crippen LogP contribution is -2.63. The third-order valence-corrected chi connectivity index (χ3v) is 94.9. The van der Waals surface area contributed by atoms with E-state index >= 15 is 0 Å². The highest BCUT2D eigenvalue weighted by atomic mass is 28.6. The Balaban J connectivity index is 5.86. The minimum atomic E-state index is -2.89. The van der Waals surface area contributed by atoms with Gasteiger partial charge in [-0.1, -0.05) is 0 Å². The van der Waals surface area contributed by atoms with Crippen LogP contribution in [0.4, 0.5) is 0 Å². The van der Waals surface area contributed by atoms with Gasteiger partial charge < -0.3 is 86.4 Å². The third-order valence-electron chi connectivity index (χ3n) is 10.8. The van der Waals surface area contributed by atoms with Gasteiger partial charge in [0.15, 0.2) is 9.04 Å². The van der Waals surface area contributed by atoms with Crippen molar-refractivity contribution in [1.82, 2.24) is 0 Å². The highest BCUT2D eigenvalue weighted by molar-refractivity contribution is 6.96. The van der Waals surface area contributed by atoms with Gasteiger partial charge in [0.25, 0.3) is 0 Å². The molecule has 560 valence electrons. The number of hydrogen-bond acceptors (Lipinski definition) is 23. The zero-order valence-electron chi connectivity index (χ0n) is 68.0. The molecule has 0 fully saturated rings. The second-order valence-corrected chi connectivity index (χ2v) is 118. The highest BCUT2D eigenvalue weighted by Crippen LogP contribution is 2.35. The van der Waals surface area contributed by atoms with E-state index in [1.54, 1.807) is 0 Å². The Hall–Kier alpha value is 4.07. The molecule has 23 nitrogen and oxygen atoms in total. The quantitative estimate of drug-likeness (QED) is 0.0315. The van der Waals surface area contributed by atoms with Crippen molar-refractivity contribution in [1.29, 1.82) is 0 Å². The van der Waals surface area contributed by atoms with E-state index in [-0.39, 0.29) is 0 Å². The summed E-state index contributed by atoms with van der Waals surface area (Å²) in [6.07, 6.45) is 0. The Morgan fingerprint density at radius 1 is 0.129 bits per heavy atom. The SMILES string of the molecule is C[SiH](C)O[Si](C)(C)O[Si](C)(C)O[Si](C)(C)O[Si](C)(C)O[Si](C)(C)O[Si](C)(C)O[Si](C)(C)O[Si](C)(C)O[Si](C)(C)O[Si](C)(C)O[Si](C)(C)O[Si](C)(C)O[Si](C)(C)O[Si](C)(C)O[Si](C)(C)O[Si](C)(C)O[Si](C)(C)O[Si](C)(C)O[Si](C)(C)O[Si](C)(C)O[Si](C)(C)OO[Si](C)(C)C. The Labute approximate surface area is 595 Å². The smallest absolute Gasteiger partial charge is 0.358 e. The van der Waals surface area contributed by atoms with Crippen LogP contribution >= 0.6 is 0 Å². The van der Waals surface area contributed by atoms with Crippen LogP contribution in [0.25, 0.3) is 0 Å². The Bertz CT molecular complexity index is 2350. The summed E-state index contributed by atoms with van der Waals surface area (Å²) in [6, 6.07) is 0. The molecular weight excluding hydrogens is 1580 g/mol. The minimum Gasteiger partial charge on any atom is -0.440 e. The largest absolute Gasteiger partial charge is 0.440 e. The van der Waals surface area contributed by atoms with Crippen molar-refractivity contribution < 1.29 is 95.6 Å². The molecule has 0 unspecified atom stereocenters. The second-order valence-electron chi connectivity index (χ2n) is 34.9.